The van der Waals surface area contributed by atoms with Crippen LogP contribution >= 0.6 is 0 Å². The summed E-state index contributed by atoms with van der Waals surface area (Å²) in [6.07, 6.45) is 7.93. The second-order valence-electron chi connectivity index (χ2n) is 4.38. The van der Waals surface area contributed by atoms with Gasteiger partial charge in [-0.05, 0) is 27.0 Å². The summed E-state index contributed by atoms with van der Waals surface area (Å²) >= 11 is 0. The normalized spacial score (nSPS) is 13.0. The van der Waals surface area contributed by atoms with Crippen molar-refractivity contribution in [3.8, 4) is 0 Å². The Morgan fingerprint density at radius 1 is 1.53 bits per heavy atom. The second kappa shape index (κ2) is 5.56. The number of nitrogens with zero attached hydrogens (tertiary/aromatic N) is 5. The molecule has 0 spiro atoms. The lowest BCUT2D eigenvalue weighted by atomic mass is 10.0. The molecule has 0 saturated heterocycles. The number of allylic oxidation sites excluding steroid dienone is 3. The monoisotopic (exact) mass is 255 g/mol. The summed E-state index contributed by atoms with van der Waals surface area (Å²) in [5, 5.41) is 5.46. The molecule has 5 nitrogen and oxygen atoms in total. The van der Waals surface area contributed by atoms with Crippen LogP contribution in [0.15, 0.2) is 35.4 Å². The molecule has 0 atom stereocenters. The minimum absolute atomic E-state index is 0.788. The Kier molecular flexibility index (Phi) is 3.85. The molecule has 2 aromatic heterocycles. The summed E-state index contributed by atoms with van der Waals surface area (Å²) < 4.78 is 1.76. The molecule has 0 aliphatic rings. The predicted octanol–water partition coefficient (Wildman–Crippen LogP) is 2.76. The van der Waals surface area contributed by atoms with Crippen molar-refractivity contribution in [1.82, 2.24) is 19.7 Å². The van der Waals surface area contributed by atoms with E-state index < -0.39 is 0 Å². The molecule has 19 heavy (non-hydrogen) atoms. The molecule has 2 heterocycles. The van der Waals surface area contributed by atoms with E-state index in [4.69, 9.17) is 0 Å². The van der Waals surface area contributed by atoms with Crippen LogP contribution < -0.4 is 0 Å². The maximum atomic E-state index is 4.53. The highest BCUT2D eigenvalue weighted by Crippen LogP contribution is 2.27. The highest BCUT2D eigenvalue weighted by atomic mass is 15.3. The van der Waals surface area contributed by atoms with Gasteiger partial charge in [0.25, 0.3) is 0 Å². The van der Waals surface area contributed by atoms with E-state index in [0.29, 0.717) is 0 Å². The van der Waals surface area contributed by atoms with Gasteiger partial charge in [0, 0.05) is 25.0 Å². The van der Waals surface area contributed by atoms with Gasteiger partial charge in [-0.3, -0.25) is 4.99 Å². The summed E-state index contributed by atoms with van der Waals surface area (Å²) in [6.45, 7) is 7.64. The minimum atomic E-state index is 0.788. The fourth-order valence-corrected chi connectivity index (χ4v) is 1.94. The van der Waals surface area contributed by atoms with Gasteiger partial charge in [-0.25, -0.2) is 14.6 Å². The van der Waals surface area contributed by atoms with Crippen LogP contribution in [0, 0.1) is 0 Å². The minimum Gasteiger partial charge on any atom is -0.272 e. The summed E-state index contributed by atoms with van der Waals surface area (Å²) in [7, 11) is 1.88. The number of rotatable bonds is 4. The van der Waals surface area contributed by atoms with Gasteiger partial charge in [-0.1, -0.05) is 11.6 Å². The van der Waals surface area contributed by atoms with Crippen molar-refractivity contribution >= 4 is 23.3 Å². The predicted molar refractivity (Wildman–Crippen MR) is 77.9 cm³/mol. The van der Waals surface area contributed by atoms with Crippen LogP contribution in [0.4, 0.5) is 0 Å². The Morgan fingerprint density at radius 2 is 2.32 bits per heavy atom. The van der Waals surface area contributed by atoms with Crippen LogP contribution in [0.2, 0.25) is 0 Å². The lowest BCUT2D eigenvalue weighted by Gasteiger charge is -2.04. The van der Waals surface area contributed by atoms with E-state index in [9.17, 15) is 0 Å². The molecule has 2 aromatic rings. The number of aryl methyl sites for hydroxylation is 1. The maximum Gasteiger partial charge on any atom is 0.161 e. The van der Waals surface area contributed by atoms with Gasteiger partial charge in [-0.2, -0.15) is 5.10 Å². The first-order valence-electron chi connectivity index (χ1n) is 6.07. The van der Waals surface area contributed by atoms with Crippen molar-refractivity contribution in [2.24, 2.45) is 12.0 Å². The zero-order valence-corrected chi connectivity index (χ0v) is 11.5. The Labute approximate surface area is 112 Å². The van der Waals surface area contributed by atoms with Crippen LogP contribution in [-0.4, -0.2) is 26.5 Å². The Balaban J connectivity index is 2.57. The first kappa shape index (κ1) is 13.1. The molecule has 0 bridgehead atoms. The smallest absolute Gasteiger partial charge is 0.161 e. The molecule has 0 fully saturated rings. The van der Waals surface area contributed by atoms with E-state index in [1.165, 1.54) is 11.9 Å². The molecule has 0 aromatic carbocycles. The molecule has 0 aliphatic carbocycles. The number of hydrogen-bond donors (Lipinski definition) is 0. The van der Waals surface area contributed by atoms with Crippen LogP contribution in [0.5, 0.6) is 0 Å². The molecule has 0 aliphatic heterocycles. The van der Waals surface area contributed by atoms with Crippen LogP contribution in [0.3, 0.4) is 0 Å². The molecule has 0 amide bonds. The molecule has 0 unspecified atom stereocenters. The molecule has 0 radical (unpaired) electrons. The van der Waals surface area contributed by atoms with Gasteiger partial charge < -0.3 is 0 Å². The van der Waals surface area contributed by atoms with Gasteiger partial charge in [0.15, 0.2) is 5.65 Å². The Hall–Kier alpha value is -2.30. The van der Waals surface area contributed by atoms with Gasteiger partial charge in [0.05, 0.1) is 5.39 Å². The SMILES string of the molecule is C=N/C=C(\C/C(C)=C\C)c1nn(C)c2ncncc12. The third-order valence-corrected chi connectivity index (χ3v) is 3.02. The summed E-state index contributed by atoms with van der Waals surface area (Å²) in [6, 6.07) is 0. The molecular formula is C14H17N5. The van der Waals surface area contributed by atoms with Gasteiger partial charge in [-0.15, -0.1) is 0 Å². The van der Waals surface area contributed by atoms with Crippen LogP contribution in [-0.2, 0) is 7.05 Å². The molecular weight excluding hydrogens is 238 g/mol. The number of aromatic nitrogens is 4. The average Bonchev–Trinajstić information content (AvgIpc) is 2.76. The lowest BCUT2D eigenvalue weighted by molar-refractivity contribution is 0.779. The average molecular weight is 255 g/mol. The summed E-state index contributed by atoms with van der Waals surface area (Å²) in [4.78, 5) is 12.2. The fraction of sp³-hybridized carbons (Fsp3) is 0.286. The lowest BCUT2D eigenvalue weighted by Crippen LogP contribution is -1.93. The zero-order chi connectivity index (χ0) is 13.8. The quantitative estimate of drug-likeness (QED) is 0.623. The van der Waals surface area contributed by atoms with Crippen LogP contribution in [0.1, 0.15) is 26.0 Å². The Bertz CT molecular complexity index is 664. The molecule has 0 N–H and O–H groups in total. The molecule has 2 rings (SSSR count). The van der Waals surface area contributed by atoms with Gasteiger partial charge >= 0.3 is 0 Å². The molecule has 98 valence electrons. The topological polar surface area (TPSA) is 56.0 Å². The van der Waals surface area contributed by atoms with Crippen molar-refractivity contribution < 1.29 is 0 Å². The van der Waals surface area contributed by atoms with Crippen molar-refractivity contribution in [2.75, 3.05) is 0 Å². The first-order valence-corrected chi connectivity index (χ1v) is 6.07. The van der Waals surface area contributed by atoms with Crippen molar-refractivity contribution in [3.63, 3.8) is 0 Å². The van der Waals surface area contributed by atoms with E-state index in [1.807, 2.05) is 14.0 Å². The standard InChI is InChI=1S/C14H17N5/c1-5-10(2)6-11(7-15-3)13-12-8-16-9-17-14(12)19(4)18-13/h5,7-9H,3,6H2,1-2,4H3/b10-5-,11-7+. The van der Waals surface area contributed by atoms with Gasteiger partial charge in [0.2, 0.25) is 0 Å². The first-order chi connectivity index (χ1) is 9.17. The summed E-state index contributed by atoms with van der Waals surface area (Å²) in [5.41, 5.74) is 3.96. The van der Waals surface area contributed by atoms with Crippen molar-refractivity contribution in [3.05, 3.63) is 36.1 Å². The number of hydrogen-bond acceptors (Lipinski definition) is 4. The molecule has 5 heteroatoms. The second-order valence-corrected chi connectivity index (χ2v) is 4.38. The third-order valence-electron chi connectivity index (χ3n) is 3.02. The number of fused-ring (bicyclic) bond motifs is 1. The van der Waals surface area contributed by atoms with E-state index >= 15 is 0 Å². The summed E-state index contributed by atoms with van der Waals surface area (Å²) in [5.74, 6) is 0. The van der Waals surface area contributed by atoms with E-state index in [2.05, 4.69) is 39.8 Å². The van der Waals surface area contributed by atoms with Crippen LogP contribution in [0.25, 0.3) is 16.6 Å². The van der Waals surface area contributed by atoms with E-state index in [-0.39, 0.29) is 0 Å². The largest absolute Gasteiger partial charge is 0.272 e. The van der Waals surface area contributed by atoms with E-state index in [1.54, 1.807) is 17.1 Å². The molecule has 0 saturated carbocycles. The van der Waals surface area contributed by atoms with Crippen molar-refractivity contribution in [1.29, 1.82) is 0 Å². The van der Waals surface area contributed by atoms with E-state index in [0.717, 1.165) is 28.7 Å². The third kappa shape index (κ3) is 2.59. The highest BCUT2D eigenvalue weighted by molar-refractivity contribution is 5.88. The maximum absolute atomic E-state index is 4.53. The highest BCUT2D eigenvalue weighted by Gasteiger charge is 2.14. The fourth-order valence-electron chi connectivity index (χ4n) is 1.94. The van der Waals surface area contributed by atoms with Crippen molar-refractivity contribution in [2.45, 2.75) is 20.3 Å². The Morgan fingerprint density at radius 3 is 3.00 bits per heavy atom. The zero-order valence-electron chi connectivity index (χ0n) is 11.5. The number of aliphatic imine (C=N–C) groups is 1. The van der Waals surface area contributed by atoms with Gasteiger partial charge in [0.1, 0.15) is 12.0 Å².